The van der Waals surface area contributed by atoms with E-state index in [-0.39, 0.29) is 23.8 Å². The van der Waals surface area contributed by atoms with Crippen LogP contribution in [0.1, 0.15) is 31.2 Å². The predicted octanol–water partition coefficient (Wildman–Crippen LogP) is 4.02. The zero-order chi connectivity index (χ0) is 20.2. The maximum atomic E-state index is 12.7. The van der Waals surface area contributed by atoms with Crippen molar-refractivity contribution in [3.63, 3.8) is 0 Å². The van der Waals surface area contributed by atoms with E-state index in [0.29, 0.717) is 32.5 Å². The summed E-state index contributed by atoms with van der Waals surface area (Å²) in [7, 11) is 0. The Bertz CT molecular complexity index is 864. The van der Waals surface area contributed by atoms with Crippen LogP contribution in [0.2, 0.25) is 0 Å². The lowest BCUT2D eigenvalue weighted by Gasteiger charge is -2.32. The van der Waals surface area contributed by atoms with Crippen molar-refractivity contribution in [3.05, 3.63) is 54.1 Å². The van der Waals surface area contributed by atoms with Crippen molar-refractivity contribution in [1.82, 2.24) is 4.90 Å². The van der Waals surface area contributed by atoms with Crippen LogP contribution < -0.4 is 5.32 Å². The number of aryl methyl sites for hydroxylation is 1. The molecule has 5 heteroatoms. The van der Waals surface area contributed by atoms with Gasteiger partial charge in [0.15, 0.2) is 0 Å². The third-order valence-corrected chi connectivity index (χ3v) is 5.89. The van der Waals surface area contributed by atoms with Crippen LogP contribution in [0, 0.1) is 12.8 Å². The van der Waals surface area contributed by atoms with Gasteiger partial charge in [-0.1, -0.05) is 42.0 Å². The van der Waals surface area contributed by atoms with Crippen molar-refractivity contribution in [2.24, 2.45) is 5.92 Å². The topological polar surface area (TPSA) is 58.6 Å². The number of likely N-dealkylation sites (tertiary alicyclic amines) is 1. The van der Waals surface area contributed by atoms with Crippen LogP contribution in [0.4, 0.5) is 5.69 Å². The first-order valence-corrected chi connectivity index (χ1v) is 10.5. The van der Waals surface area contributed by atoms with Crippen LogP contribution in [0.5, 0.6) is 0 Å². The van der Waals surface area contributed by atoms with Crippen LogP contribution in [-0.4, -0.2) is 42.5 Å². The van der Waals surface area contributed by atoms with Crippen LogP contribution in [-0.2, 0) is 14.3 Å². The summed E-state index contributed by atoms with van der Waals surface area (Å²) in [6, 6.07) is 16.3. The maximum Gasteiger partial charge on any atom is 0.251 e. The molecule has 5 nitrogen and oxygen atoms in total. The molecule has 2 aromatic rings. The lowest BCUT2D eigenvalue weighted by molar-refractivity contribution is -0.143. The minimum absolute atomic E-state index is 0.0394. The normalized spacial score (nSPS) is 19.9. The van der Waals surface area contributed by atoms with Crippen molar-refractivity contribution >= 4 is 17.5 Å². The average Bonchev–Trinajstić information content (AvgIpc) is 3.29. The summed E-state index contributed by atoms with van der Waals surface area (Å²) in [6.07, 6.45) is 2.90. The van der Waals surface area contributed by atoms with Gasteiger partial charge >= 0.3 is 0 Å². The molecular formula is C24H28N2O3. The lowest BCUT2D eigenvalue weighted by Crippen LogP contribution is -2.45. The van der Waals surface area contributed by atoms with Crippen molar-refractivity contribution < 1.29 is 14.3 Å². The Balaban J connectivity index is 1.30. The van der Waals surface area contributed by atoms with Gasteiger partial charge in [-0.25, -0.2) is 0 Å². The molecule has 0 aromatic heterocycles. The molecule has 0 aliphatic carbocycles. The SMILES string of the molecule is Cc1cccc(-c2ccc(NC(=O)C3CCN(C(=O)C4CCCO4)CC3)cc2)c1. The monoisotopic (exact) mass is 392 g/mol. The Morgan fingerprint density at radius 1 is 1.00 bits per heavy atom. The lowest BCUT2D eigenvalue weighted by atomic mass is 9.95. The highest BCUT2D eigenvalue weighted by Gasteiger charge is 2.32. The highest BCUT2D eigenvalue weighted by atomic mass is 16.5. The quantitative estimate of drug-likeness (QED) is 0.855. The molecule has 2 saturated heterocycles. The summed E-state index contributed by atoms with van der Waals surface area (Å²) in [5, 5.41) is 3.03. The van der Waals surface area contributed by atoms with Crippen LogP contribution in [0.15, 0.2) is 48.5 Å². The minimum Gasteiger partial charge on any atom is -0.368 e. The van der Waals surface area contributed by atoms with Crippen LogP contribution in [0.25, 0.3) is 11.1 Å². The molecule has 0 spiro atoms. The molecule has 1 N–H and O–H groups in total. The number of amides is 2. The molecule has 29 heavy (non-hydrogen) atoms. The molecule has 1 unspecified atom stereocenters. The molecule has 2 fully saturated rings. The van der Waals surface area contributed by atoms with Crippen molar-refractivity contribution in [2.45, 2.75) is 38.7 Å². The van der Waals surface area contributed by atoms with Crippen molar-refractivity contribution in [2.75, 3.05) is 25.0 Å². The number of ether oxygens (including phenoxy) is 1. The Kier molecular flexibility index (Phi) is 5.95. The summed E-state index contributed by atoms with van der Waals surface area (Å²) < 4.78 is 5.50. The van der Waals surface area contributed by atoms with Gasteiger partial charge in [-0.15, -0.1) is 0 Å². The Hall–Kier alpha value is -2.66. The molecule has 0 saturated carbocycles. The first-order valence-electron chi connectivity index (χ1n) is 10.5. The van der Waals surface area contributed by atoms with E-state index in [0.717, 1.165) is 24.1 Å². The maximum absolute atomic E-state index is 12.7. The first kappa shape index (κ1) is 19.6. The minimum atomic E-state index is -0.271. The molecule has 0 bridgehead atoms. The number of nitrogens with one attached hydrogen (secondary N) is 1. The van der Waals surface area contributed by atoms with Gasteiger partial charge in [-0.05, 0) is 55.9 Å². The fourth-order valence-electron chi connectivity index (χ4n) is 4.15. The number of nitrogens with zero attached hydrogens (tertiary/aromatic N) is 1. The summed E-state index contributed by atoms with van der Waals surface area (Å²) in [6.45, 7) is 4.02. The number of benzene rings is 2. The molecule has 1 atom stereocenters. The molecular weight excluding hydrogens is 364 g/mol. The van der Waals surface area contributed by atoms with E-state index in [4.69, 9.17) is 4.74 Å². The summed E-state index contributed by atoms with van der Waals surface area (Å²) >= 11 is 0. The van der Waals surface area contributed by atoms with Gasteiger partial charge in [0.2, 0.25) is 5.91 Å². The zero-order valence-electron chi connectivity index (χ0n) is 16.9. The second kappa shape index (κ2) is 8.78. The smallest absolute Gasteiger partial charge is 0.251 e. The van der Waals surface area contributed by atoms with Crippen molar-refractivity contribution in [3.8, 4) is 11.1 Å². The Morgan fingerprint density at radius 2 is 1.76 bits per heavy atom. The number of rotatable bonds is 4. The van der Waals surface area contributed by atoms with Gasteiger partial charge in [-0.3, -0.25) is 9.59 Å². The predicted molar refractivity (Wildman–Crippen MR) is 114 cm³/mol. The average molecular weight is 392 g/mol. The van der Waals surface area contributed by atoms with Gasteiger partial charge in [0.05, 0.1) is 0 Å². The third-order valence-electron chi connectivity index (χ3n) is 5.89. The second-order valence-electron chi connectivity index (χ2n) is 8.04. The third kappa shape index (κ3) is 4.67. The van der Waals surface area contributed by atoms with Gasteiger partial charge in [0, 0.05) is 31.3 Å². The number of carbonyl (C=O) groups excluding carboxylic acids is 2. The van der Waals surface area contributed by atoms with Gasteiger partial charge in [-0.2, -0.15) is 0 Å². The van der Waals surface area contributed by atoms with E-state index >= 15 is 0 Å². The molecule has 0 radical (unpaired) electrons. The number of anilines is 1. The number of carbonyl (C=O) groups is 2. The molecule has 152 valence electrons. The highest BCUT2D eigenvalue weighted by molar-refractivity contribution is 5.93. The molecule has 2 aliphatic heterocycles. The summed E-state index contributed by atoms with van der Waals surface area (Å²) in [5.41, 5.74) is 4.34. The number of hydrogen-bond acceptors (Lipinski definition) is 3. The zero-order valence-corrected chi connectivity index (χ0v) is 16.9. The summed E-state index contributed by atoms with van der Waals surface area (Å²) in [5.74, 6) is 0.0746. The number of piperidine rings is 1. The van der Waals surface area contributed by atoms with E-state index in [1.165, 1.54) is 11.1 Å². The Morgan fingerprint density at radius 3 is 2.41 bits per heavy atom. The van der Waals surface area contributed by atoms with E-state index in [1.807, 2.05) is 29.2 Å². The molecule has 2 aromatic carbocycles. The summed E-state index contributed by atoms with van der Waals surface area (Å²) in [4.78, 5) is 27.0. The van der Waals surface area contributed by atoms with Crippen molar-refractivity contribution in [1.29, 1.82) is 0 Å². The number of hydrogen-bond donors (Lipinski definition) is 1. The fourth-order valence-corrected chi connectivity index (χ4v) is 4.15. The van der Waals surface area contributed by atoms with Crippen LogP contribution in [0.3, 0.4) is 0 Å². The van der Waals surface area contributed by atoms with Crippen LogP contribution >= 0.6 is 0 Å². The van der Waals surface area contributed by atoms with E-state index in [1.54, 1.807) is 0 Å². The molecule has 2 heterocycles. The standard InChI is InChI=1S/C24H28N2O3/c1-17-4-2-5-20(16-17)18-7-9-21(10-8-18)25-23(27)19-11-13-26(14-12-19)24(28)22-6-3-15-29-22/h2,4-5,7-10,16,19,22H,3,6,11-15H2,1H3,(H,25,27). The van der Waals surface area contributed by atoms with Gasteiger partial charge in [0.1, 0.15) is 6.10 Å². The largest absolute Gasteiger partial charge is 0.368 e. The van der Waals surface area contributed by atoms with E-state index in [9.17, 15) is 9.59 Å². The molecule has 2 aliphatic rings. The second-order valence-corrected chi connectivity index (χ2v) is 8.04. The van der Waals surface area contributed by atoms with E-state index in [2.05, 4.69) is 36.5 Å². The van der Waals surface area contributed by atoms with Gasteiger partial charge < -0.3 is 15.0 Å². The first-order chi connectivity index (χ1) is 14.1. The molecule has 4 rings (SSSR count). The van der Waals surface area contributed by atoms with E-state index < -0.39 is 0 Å². The molecule has 2 amide bonds. The van der Waals surface area contributed by atoms with Gasteiger partial charge in [0.25, 0.3) is 5.91 Å². The fraction of sp³-hybridized carbons (Fsp3) is 0.417. The Labute approximate surface area is 172 Å². The highest BCUT2D eigenvalue weighted by Crippen LogP contribution is 2.25.